The predicted molar refractivity (Wildman–Crippen MR) is 106 cm³/mol. The van der Waals surface area contributed by atoms with E-state index in [1.54, 1.807) is 18.2 Å². The third-order valence-corrected chi connectivity index (χ3v) is 5.18. The molecule has 0 aromatic heterocycles. The molecule has 2 aromatic carbocycles. The van der Waals surface area contributed by atoms with Gasteiger partial charge in [-0.25, -0.2) is 4.39 Å². The molecular weight excluding hydrogens is 417 g/mol. The minimum Gasteiger partial charge on any atom is -0.482 e. The quantitative estimate of drug-likeness (QED) is 0.635. The molecule has 0 bridgehead atoms. The molecular formula is C20H17ClFN3O5. The van der Waals surface area contributed by atoms with E-state index in [1.807, 2.05) is 0 Å². The molecule has 2 aromatic rings. The van der Waals surface area contributed by atoms with Gasteiger partial charge in [0.05, 0.1) is 5.69 Å². The van der Waals surface area contributed by atoms with Crippen molar-refractivity contribution >= 4 is 40.7 Å². The van der Waals surface area contributed by atoms with Crippen molar-refractivity contribution in [2.75, 3.05) is 23.4 Å². The van der Waals surface area contributed by atoms with Crippen LogP contribution in [0.15, 0.2) is 36.4 Å². The summed E-state index contributed by atoms with van der Waals surface area (Å²) in [6.45, 7) is -0.126. The van der Waals surface area contributed by atoms with E-state index in [0.717, 1.165) is 6.07 Å². The Balaban J connectivity index is 1.47. The lowest BCUT2D eigenvalue weighted by molar-refractivity contribution is -0.149. The summed E-state index contributed by atoms with van der Waals surface area (Å²) >= 11 is 5.79. The van der Waals surface area contributed by atoms with Gasteiger partial charge in [0.1, 0.15) is 11.6 Å². The van der Waals surface area contributed by atoms with Crippen LogP contribution >= 0.6 is 11.6 Å². The Hall–Kier alpha value is -3.17. The van der Waals surface area contributed by atoms with E-state index in [4.69, 9.17) is 16.3 Å². The van der Waals surface area contributed by atoms with Crippen molar-refractivity contribution in [2.45, 2.75) is 18.6 Å². The molecule has 1 atom stereocenters. The highest BCUT2D eigenvalue weighted by Crippen LogP contribution is 2.35. The van der Waals surface area contributed by atoms with Gasteiger partial charge in [0.2, 0.25) is 5.60 Å². The lowest BCUT2D eigenvalue weighted by Crippen LogP contribution is -2.52. The van der Waals surface area contributed by atoms with Gasteiger partial charge in [-0.3, -0.25) is 14.4 Å². The zero-order valence-corrected chi connectivity index (χ0v) is 16.3. The highest BCUT2D eigenvalue weighted by atomic mass is 35.5. The molecule has 2 aliphatic rings. The Bertz CT molecular complexity index is 1040. The molecule has 0 saturated carbocycles. The van der Waals surface area contributed by atoms with Gasteiger partial charge in [-0.05, 0) is 35.9 Å². The topological polar surface area (TPSA) is 108 Å². The second-order valence-electron chi connectivity index (χ2n) is 7.04. The Morgan fingerprint density at radius 2 is 2.10 bits per heavy atom. The third kappa shape index (κ3) is 3.69. The molecule has 4 rings (SSSR count). The second-order valence-corrected chi connectivity index (χ2v) is 7.48. The largest absolute Gasteiger partial charge is 0.482 e. The van der Waals surface area contributed by atoms with Crippen molar-refractivity contribution in [3.05, 3.63) is 52.8 Å². The van der Waals surface area contributed by atoms with Gasteiger partial charge in [0, 0.05) is 36.3 Å². The Morgan fingerprint density at radius 1 is 1.30 bits per heavy atom. The molecule has 30 heavy (non-hydrogen) atoms. The third-order valence-electron chi connectivity index (χ3n) is 4.96. The standard InChI is InChI=1S/C20H17ClFN3O5/c21-12-5-11(6-13(22)7-12)9-23-18(27)20(29)3-4-25(19(20)28)14-1-2-15-16(8-14)30-10-17(26)24-15/h1-2,5-8,29H,3-4,9-10H2,(H,23,27)(H,24,26). The molecule has 3 N–H and O–H groups in total. The van der Waals surface area contributed by atoms with Crippen LogP contribution in [0, 0.1) is 5.82 Å². The number of hydrogen-bond acceptors (Lipinski definition) is 5. The summed E-state index contributed by atoms with van der Waals surface area (Å²) in [5.74, 6) is -2.10. The number of amides is 3. The summed E-state index contributed by atoms with van der Waals surface area (Å²) in [4.78, 5) is 38.0. The van der Waals surface area contributed by atoms with Crippen LogP contribution in [0.1, 0.15) is 12.0 Å². The number of carbonyl (C=O) groups excluding carboxylic acids is 3. The molecule has 1 saturated heterocycles. The number of aliphatic hydroxyl groups is 1. The maximum atomic E-state index is 13.4. The second kappa shape index (κ2) is 7.58. The van der Waals surface area contributed by atoms with Crippen LogP contribution in [0.5, 0.6) is 5.75 Å². The van der Waals surface area contributed by atoms with Gasteiger partial charge >= 0.3 is 0 Å². The van der Waals surface area contributed by atoms with Gasteiger partial charge < -0.3 is 25.4 Å². The molecule has 3 amide bonds. The van der Waals surface area contributed by atoms with E-state index in [9.17, 15) is 23.9 Å². The predicted octanol–water partition coefficient (Wildman–Crippen LogP) is 1.59. The van der Waals surface area contributed by atoms with Crippen LogP contribution < -0.4 is 20.3 Å². The lowest BCUT2D eigenvalue weighted by atomic mass is 10.0. The molecule has 2 heterocycles. The first-order chi connectivity index (χ1) is 14.3. The average Bonchev–Trinajstić information content (AvgIpc) is 3.01. The van der Waals surface area contributed by atoms with Gasteiger partial charge in [0.25, 0.3) is 17.7 Å². The summed E-state index contributed by atoms with van der Waals surface area (Å²) in [7, 11) is 0. The van der Waals surface area contributed by atoms with Crippen LogP contribution in [0.4, 0.5) is 15.8 Å². The van der Waals surface area contributed by atoms with Crippen LogP contribution in [-0.4, -0.2) is 41.6 Å². The lowest BCUT2D eigenvalue weighted by Gasteiger charge is -2.24. The van der Waals surface area contributed by atoms with Crippen LogP contribution in [0.2, 0.25) is 5.02 Å². The molecule has 0 spiro atoms. The van der Waals surface area contributed by atoms with Crippen LogP contribution in [-0.2, 0) is 20.9 Å². The smallest absolute Gasteiger partial charge is 0.268 e. The van der Waals surface area contributed by atoms with Crippen LogP contribution in [0.3, 0.4) is 0 Å². The molecule has 10 heteroatoms. The van der Waals surface area contributed by atoms with Gasteiger partial charge in [-0.15, -0.1) is 0 Å². The fourth-order valence-electron chi connectivity index (χ4n) is 3.44. The number of benzene rings is 2. The first-order valence-electron chi connectivity index (χ1n) is 9.10. The van der Waals surface area contributed by atoms with E-state index in [0.29, 0.717) is 22.7 Å². The zero-order valence-electron chi connectivity index (χ0n) is 15.6. The summed E-state index contributed by atoms with van der Waals surface area (Å²) in [5, 5.41) is 16.0. The molecule has 156 valence electrons. The first-order valence-corrected chi connectivity index (χ1v) is 9.48. The summed E-state index contributed by atoms with van der Waals surface area (Å²) < 4.78 is 18.8. The van der Waals surface area contributed by atoms with Crippen molar-refractivity contribution in [2.24, 2.45) is 0 Å². The SMILES string of the molecule is O=C1COc2cc(N3CCC(O)(C(=O)NCc4cc(F)cc(Cl)c4)C3=O)ccc2N1. The minimum atomic E-state index is -2.25. The summed E-state index contributed by atoms with van der Waals surface area (Å²) in [6.07, 6.45) is -0.115. The van der Waals surface area contributed by atoms with Crippen molar-refractivity contribution in [3.8, 4) is 5.75 Å². The summed E-state index contributed by atoms with van der Waals surface area (Å²) in [5.41, 5.74) is -0.950. The van der Waals surface area contributed by atoms with Crippen molar-refractivity contribution in [3.63, 3.8) is 0 Å². The zero-order chi connectivity index (χ0) is 21.5. The highest BCUT2D eigenvalue weighted by Gasteiger charge is 2.51. The molecule has 1 fully saturated rings. The Morgan fingerprint density at radius 3 is 2.87 bits per heavy atom. The molecule has 8 nitrogen and oxygen atoms in total. The fraction of sp³-hybridized carbons (Fsp3) is 0.250. The normalized spacial score (nSPS) is 20.4. The summed E-state index contributed by atoms with van der Waals surface area (Å²) in [6, 6.07) is 8.54. The van der Waals surface area contributed by atoms with E-state index in [-0.39, 0.29) is 37.0 Å². The number of carbonyl (C=O) groups is 3. The maximum Gasteiger partial charge on any atom is 0.268 e. The van der Waals surface area contributed by atoms with Crippen molar-refractivity contribution < 1.29 is 28.6 Å². The highest BCUT2D eigenvalue weighted by molar-refractivity contribution is 6.30. The van der Waals surface area contributed by atoms with E-state index in [1.165, 1.54) is 17.0 Å². The maximum absolute atomic E-state index is 13.4. The number of halogens is 2. The van der Waals surface area contributed by atoms with Crippen molar-refractivity contribution in [1.29, 1.82) is 0 Å². The monoisotopic (exact) mass is 433 g/mol. The van der Waals surface area contributed by atoms with E-state index >= 15 is 0 Å². The number of nitrogens with zero attached hydrogens (tertiary/aromatic N) is 1. The van der Waals surface area contributed by atoms with Crippen molar-refractivity contribution in [1.82, 2.24) is 5.32 Å². The number of anilines is 2. The van der Waals surface area contributed by atoms with E-state index < -0.39 is 23.2 Å². The van der Waals surface area contributed by atoms with Gasteiger partial charge in [0.15, 0.2) is 6.61 Å². The molecule has 1 unspecified atom stereocenters. The van der Waals surface area contributed by atoms with Gasteiger partial charge in [-0.2, -0.15) is 0 Å². The number of hydrogen-bond donors (Lipinski definition) is 3. The van der Waals surface area contributed by atoms with Gasteiger partial charge in [-0.1, -0.05) is 11.6 Å². The number of ether oxygens (including phenoxy) is 1. The Kier molecular flexibility index (Phi) is 5.08. The molecule has 0 aliphatic carbocycles. The number of nitrogens with one attached hydrogen (secondary N) is 2. The van der Waals surface area contributed by atoms with E-state index in [2.05, 4.69) is 10.6 Å². The Labute approximate surface area is 175 Å². The first kappa shape index (κ1) is 20.1. The average molecular weight is 434 g/mol. The molecule has 0 radical (unpaired) electrons. The minimum absolute atomic E-state index is 0.0989. The molecule has 2 aliphatic heterocycles. The fourth-order valence-corrected chi connectivity index (χ4v) is 3.68. The van der Waals surface area contributed by atoms with Crippen LogP contribution in [0.25, 0.3) is 0 Å². The number of rotatable bonds is 4. The number of fused-ring (bicyclic) bond motifs is 1.